The van der Waals surface area contributed by atoms with Crippen molar-refractivity contribution >= 4 is 17.3 Å². The summed E-state index contributed by atoms with van der Waals surface area (Å²) in [6, 6.07) is 5.59. The molecule has 0 bridgehead atoms. The molecule has 0 radical (unpaired) electrons. The Bertz CT molecular complexity index is 732. The topological polar surface area (TPSA) is 83.1 Å². The third-order valence-corrected chi connectivity index (χ3v) is 3.71. The zero-order valence-corrected chi connectivity index (χ0v) is 13.8. The zero-order valence-electron chi connectivity index (χ0n) is 13.8. The van der Waals surface area contributed by atoms with E-state index < -0.39 is 0 Å². The fourth-order valence-corrected chi connectivity index (χ4v) is 2.41. The maximum Gasteiger partial charge on any atom is 0.295 e. The molecule has 1 aliphatic rings. The average Bonchev–Trinajstić information content (AvgIpc) is 2.97. The van der Waals surface area contributed by atoms with Crippen LogP contribution in [0.2, 0.25) is 0 Å². The molecule has 0 saturated carbocycles. The molecule has 0 saturated heterocycles. The summed E-state index contributed by atoms with van der Waals surface area (Å²) >= 11 is 0. The molecule has 2 N–H and O–H groups in total. The van der Waals surface area contributed by atoms with Gasteiger partial charge in [0.25, 0.3) is 5.91 Å². The Morgan fingerprint density at radius 3 is 2.87 bits per heavy atom. The van der Waals surface area contributed by atoms with Crippen molar-refractivity contribution < 1.29 is 9.53 Å². The van der Waals surface area contributed by atoms with Crippen molar-refractivity contribution in [3.63, 3.8) is 0 Å². The molecule has 2 aromatic rings. The number of likely N-dealkylation sites (N-methyl/N-ethyl adjacent to an activating group) is 1. The molecule has 1 amide bonds. The molecule has 0 aliphatic carbocycles. The minimum atomic E-state index is -0.343. The Morgan fingerprint density at radius 1 is 1.39 bits per heavy atom. The number of H-pyrrole nitrogens is 1. The van der Waals surface area contributed by atoms with Gasteiger partial charge in [-0.2, -0.15) is 0 Å². The van der Waals surface area contributed by atoms with Crippen LogP contribution in [0.15, 0.2) is 18.2 Å². The predicted octanol–water partition coefficient (Wildman–Crippen LogP) is 2.18. The molecule has 3 rings (SSSR count). The summed E-state index contributed by atoms with van der Waals surface area (Å²) < 4.78 is 5.64. The van der Waals surface area contributed by atoms with Gasteiger partial charge < -0.3 is 15.0 Å². The SMILES string of the molecule is CN1CCOc2cccc(NC(=O)c3n[nH]c(C(C)(C)C)n3)c21. The molecule has 1 aromatic carbocycles. The van der Waals surface area contributed by atoms with E-state index in [0.717, 1.165) is 18.0 Å². The molecule has 0 atom stereocenters. The van der Waals surface area contributed by atoms with Crippen LogP contribution >= 0.6 is 0 Å². The lowest BCUT2D eigenvalue weighted by molar-refractivity contribution is 0.101. The number of aromatic nitrogens is 3. The highest BCUT2D eigenvalue weighted by atomic mass is 16.5. The minimum absolute atomic E-state index is 0.131. The van der Waals surface area contributed by atoms with E-state index in [4.69, 9.17) is 4.74 Å². The number of nitrogens with zero attached hydrogens (tertiary/aromatic N) is 3. The molecule has 122 valence electrons. The maximum absolute atomic E-state index is 12.4. The fourth-order valence-electron chi connectivity index (χ4n) is 2.41. The standard InChI is InChI=1S/C16H21N5O2/c1-16(2,3)15-18-13(19-20-15)14(22)17-10-6-5-7-11-12(10)21(4)8-9-23-11/h5-7H,8-9H2,1-4H3,(H,17,22)(H,18,19,20). The van der Waals surface area contributed by atoms with E-state index in [1.54, 1.807) is 0 Å². The van der Waals surface area contributed by atoms with E-state index >= 15 is 0 Å². The van der Waals surface area contributed by atoms with Gasteiger partial charge in [-0.25, -0.2) is 4.98 Å². The molecular formula is C16H21N5O2. The fraction of sp³-hybridized carbons (Fsp3) is 0.438. The summed E-state index contributed by atoms with van der Waals surface area (Å²) in [5, 5.41) is 9.72. The third-order valence-electron chi connectivity index (χ3n) is 3.71. The lowest BCUT2D eigenvalue weighted by atomic mass is 9.96. The molecule has 0 fully saturated rings. The highest BCUT2D eigenvalue weighted by Crippen LogP contribution is 2.37. The van der Waals surface area contributed by atoms with Gasteiger partial charge in [0.15, 0.2) is 0 Å². The van der Waals surface area contributed by atoms with Crippen LogP contribution in [0.25, 0.3) is 0 Å². The van der Waals surface area contributed by atoms with Crippen LogP contribution in [0.4, 0.5) is 11.4 Å². The number of hydrogen-bond acceptors (Lipinski definition) is 5. The van der Waals surface area contributed by atoms with Crippen LogP contribution in [0.5, 0.6) is 5.75 Å². The molecular weight excluding hydrogens is 294 g/mol. The van der Waals surface area contributed by atoms with Gasteiger partial charge in [0.05, 0.1) is 12.2 Å². The normalized spacial score (nSPS) is 14.2. The molecule has 2 heterocycles. The predicted molar refractivity (Wildman–Crippen MR) is 88.2 cm³/mol. The first kappa shape index (κ1) is 15.3. The Balaban J connectivity index is 1.85. The number of rotatable bonds is 2. The van der Waals surface area contributed by atoms with Gasteiger partial charge >= 0.3 is 0 Å². The molecule has 7 nitrogen and oxygen atoms in total. The van der Waals surface area contributed by atoms with Crippen LogP contribution < -0.4 is 15.0 Å². The Labute approximate surface area is 135 Å². The van der Waals surface area contributed by atoms with E-state index in [2.05, 4.69) is 25.4 Å². The smallest absolute Gasteiger partial charge is 0.295 e. The number of carbonyl (C=O) groups excluding carboxylic acids is 1. The van der Waals surface area contributed by atoms with E-state index in [1.165, 1.54) is 0 Å². The number of para-hydroxylation sites is 1. The van der Waals surface area contributed by atoms with E-state index in [0.29, 0.717) is 18.1 Å². The number of aromatic amines is 1. The molecule has 23 heavy (non-hydrogen) atoms. The number of benzene rings is 1. The molecule has 0 spiro atoms. The first-order chi connectivity index (χ1) is 10.9. The van der Waals surface area contributed by atoms with Gasteiger partial charge in [-0.05, 0) is 12.1 Å². The van der Waals surface area contributed by atoms with Crippen LogP contribution in [0, 0.1) is 0 Å². The monoisotopic (exact) mass is 315 g/mol. The average molecular weight is 315 g/mol. The Morgan fingerprint density at radius 2 is 2.17 bits per heavy atom. The maximum atomic E-state index is 12.4. The van der Waals surface area contributed by atoms with Crippen molar-refractivity contribution in [2.75, 3.05) is 30.4 Å². The summed E-state index contributed by atoms with van der Waals surface area (Å²) in [6.45, 7) is 7.44. The summed E-state index contributed by atoms with van der Waals surface area (Å²) in [5.41, 5.74) is 1.38. The van der Waals surface area contributed by atoms with Gasteiger partial charge in [0.2, 0.25) is 5.82 Å². The van der Waals surface area contributed by atoms with Crippen LogP contribution in [-0.2, 0) is 5.41 Å². The van der Waals surface area contributed by atoms with Crippen LogP contribution in [0.1, 0.15) is 37.2 Å². The van der Waals surface area contributed by atoms with Gasteiger partial charge in [-0.3, -0.25) is 9.89 Å². The number of fused-ring (bicyclic) bond motifs is 1. The number of ether oxygens (including phenoxy) is 1. The number of carbonyl (C=O) groups is 1. The van der Waals surface area contributed by atoms with Gasteiger partial charge in [0.1, 0.15) is 23.9 Å². The molecule has 7 heteroatoms. The van der Waals surface area contributed by atoms with Crippen molar-refractivity contribution in [3.05, 3.63) is 29.8 Å². The van der Waals surface area contributed by atoms with Gasteiger partial charge in [-0.15, -0.1) is 5.10 Å². The first-order valence-corrected chi connectivity index (χ1v) is 7.57. The highest BCUT2D eigenvalue weighted by Gasteiger charge is 2.23. The third kappa shape index (κ3) is 2.99. The van der Waals surface area contributed by atoms with Crippen molar-refractivity contribution in [2.45, 2.75) is 26.2 Å². The molecule has 1 aromatic heterocycles. The van der Waals surface area contributed by atoms with Gasteiger partial charge in [0, 0.05) is 12.5 Å². The number of anilines is 2. The second-order valence-electron chi connectivity index (χ2n) is 6.63. The molecule has 1 aliphatic heterocycles. The van der Waals surface area contributed by atoms with Crippen LogP contribution in [-0.4, -0.2) is 41.3 Å². The second-order valence-corrected chi connectivity index (χ2v) is 6.63. The zero-order chi connectivity index (χ0) is 16.6. The molecule has 0 unspecified atom stereocenters. The number of hydrogen-bond donors (Lipinski definition) is 2. The van der Waals surface area contributed by atoms with E-state index in [-0.39, 0.29) is 17.1 Å². The largest absolute Gasteiger partial charge is 0.489 e. The van der Waals surface area contributed by atoms with Crippen molar-refractivity contribution in [1.29, 1.82) is 0 Å². The number of amides is 1. The number of nitrogens with one attached hydrogen (secondary N) is 2. The van der Waals surface area contributed by atoms with E-state index in [1.807, 2.05) is 46.0 Å². The summed E-state index contributed by atoms with van der Waals surface area (Å²) in [5.74, 6) is 1.23. The van der Waals surface area contributed by atoms with Crippen molar-refractivity contribution in [2.24, 2.45) is 0 Å². The second kappa shape index (κ2) is 5.57. The van der Waals surface area contributed by atoms with E-state index in [9.17, 15) is 4.79 Å². The lowest BCUT2D eigenvalue weighted by Crippen LogP contribution is -2.30. The van der Waals surface area contributed by atoms with Crippen molar-refractivity contribution in [1.82, 2.24) is 15.2 Å². The Kier molecular flexibility index (Phi) is 3.71. The summed E-state index contributed by atoms with van der Waals surface area (Å²) in [6.07, 6.45) is 0. The van der Waals surface area contributed by atoms with Crippen molar-refractivity contribution in [3.8, 4) is 5.75 Å². The minimum Gasteiger partial charge on any atom is -0.489 e. The quantitative estimate of drug-likeness (QED) is 0.887. The Hall–Kier alpha value is -2.57. The first-order valence-electron chi connectivity index (χ1n) is 7.57. The van der Waals surface area contributed by atoms with Crippen LogP contribution in [0.3, 0.4) is 0 Å². The van der Waals surface area contributed by atoms with Gasteiger partial charge in [-0.1, -0.05) is 26.8 Å². The highest BCUT2D eigenvalue weighted by molar-refractivity contribution is 6.04. The summed E-state index contributed by atoms with van der Waals surface area (Å²) in [4.78, 5) is 18.8. The summed E-state index contributed by atoms with van der Waals surface area (Å²) in [7, 11) is 1.97. The lowest BCUT2D eigenvalue weighted by Gasteiger charge is -2.29.